The van der Waals surface area contributed by atoms with E-state index in [1.807, 2.05) is 30.3 Å². The van der Waals surface area contributed by atoms with Gasteiger partial charge in [-0.1, -0.05) is 47.6 Å². The van der Waals surface area contributed by atoms with Gasteiger partial charge >= 0.3 is 0 Å². The van der Waals surface area contributed by atoms with E-state index in [0.717, 1.165) is 19.5 Å². The molecule has 4 nitrogen and oxygen atoms in total. The number of amides is 1. The molecule has 0 bridgehead atoms. The first-order valence-corrected chi connectivity index (χ1v) is 10.0. The molecule has 4 rings (SSSR count). The number of carbonyl (C=O) groups is 1. The van der Waals surface area contributed by atoms with Gasteiger partial charge in [-0.2, -0.15) is 0 Å². The summed E-state index contributed by atoms with van der Waals surface area (Å²) in [6.07, 6.45) is 0. The van der Waals surface area contributed by atoms with Crippen LogP contribution in [-0.2, 0) is 0 Å². The fourth-order valence-corrected chi connectivity index (χ4v) is 4.84. The average molecular weight is 413 g/mol. The van der Waals surface area contributed by atoms with E-state index in [9.17, 15) is 9.90 Å². The zero-order chi connectivity index (χ0) is 18.8. The maximum absolute atomic E-state index is 12.3. The first kappa shape index (κ1) is 17.9. The summed E-state index contributed by atoms with van der Waals surface area (Å²) in [7, 11) is 0. The van der Waals surface area contributed by atoms with E-state index in [1.165, 1.54) is 17.8 Å². The molecule has 1 amide bonds. The molecule has 1 aromatic heterocycles. The van der Waals surface area contributed by atoms with Crippen molar-refractivity contribution in [1.29, 1.82) is 0 Å². The molecule has 0 fully saturated rings. The minimum atomic E-state index is -0.393. The molecule has 2 N–H and O–H groups in total. The molecule has 134 valence electrons. The van der Waals surface area contributed by atoms with Gasteiger partial charge in [0.2, 0.25) is 0 Å². The second kappa shape index (κ2) is 7.60. The van der Waals surface area contributed by atoms with Gasteiger partial charge in [0, 0.05) is 10.6 Å². The van der Waals surface area contributed by atoms with Gasteiger partial charge in [0.1, 0.15) is 5.75 Å². The molecule has 0 spiro atoms. The normalized spacial score (nSPS) is 10.9. The number of aromatic hydroxyl groups is 1. The van der Waals surface area contributed by atoms with E-state index < -0.39 is 5.91 Å². The Morgan fingerprint density at radius 3 is 2.63 bits per heavy atom. The van der Waals surface area contributed by atoms with Crippen molar-refractivity contribution in [1.82, 2.24) is 4.98 Å². The summed E-state index contributed by atoms with van der Waals surface area (Å²) in [6.45, 7) is 0. The fourth-order valence-electron chi connectivity index (χ4n) is 2.51. The Labute approximate surface area is 168 Å². The monoisotopic (exact) mass is 412 g/mol. The molecule has 0 aliphatic rings. The van der Waals surface area contributed by atoms with Crippen molar-refractivity contribution < 1.29 is 9.90 Å². The molecule has 0 atom stereocenters. The lowest BCUT2D eigenvalue weighted by molar-refractivity contribution is 0.102. The highest BCUT2D eigenvalue weighted by Gasteiger charge is 2.13. The van der Waals surface area contributed by atoms with E-state index >= 15 is 0 Å². The number of anilines is 1. The third-order valence-corrected chi connectivity index (χ3v) is 6.41. The quantitative estimate of drug-likeness (QED) is 0.427. The highest BCUT2D eigenvalue weighted by molar-refractivity contribution is 8.01. The van der Waals surface area contributed by atoms with Crippen LogP contribution in [0.5, 0.6) is 5.75 Å². The van der Waals surface area contributed by atoms with Gasteiger partial charge in [-0.05, 0) is 42.5 Å². The topological polar surface area (TPSA) is 62.2 Å². The number of para-hydroxylation sites is 2. The number of nitrogens with one attached hydrogen (secondary N) is 1. The van der Waals surface area contributed by atoms with Gasteiger partial charge in [-0.25, -0.2) is 4.98 Å². The summed E-state index contributed by atoms with van der Waals surface area (Å²) in [4.78, 5) is 17.7. The Kier molecular flexibility index (Phi) is 5.03. The van der Waals surface area contributed by atoms with Crippen molar-refractivity contribution in [3.05, 3.63) is 77.3 Å². The van der Waals surface area contributed by atoms with Crippen molar-refractivity contribution in [2.45, 2.75) is 9.24 Å². The summed E-state index contributed by atoms with van der Waals surface area (Å²) in [6, 6.07) is 19.7. The van der Waals surface area contributed by atoms with Crippen molar-refractivity contribution in [3.63, 3.8) is 0 Å². The Morgan fingerprint density at radius 1 is 1.07 bits per heavy atom. The van der Waals surface area contributed by atoms with Crippen LogP contribution in [0.2, 0.25) is 5.02 Å². The van der Waals surface area contributed by atoms with E-state index in [1.54, 1.807) is 41.7 Å². The maximum Gasteiger partial charge on any atom is 0.259 e. The van der Waals surface area contributed by atoms with Crippen LogP contribution in [0, 0.1) is 0 Å². The third-order valence-electron chi connectivity index (χ3n) is 3.81. The van der Waals surface area contributed by atoms with Gasteiger partial charge in [0.05, 0.1) is 20.8 Å². The second-order valence-corrected chi connectivity index (χ2v) is 8.39. The summed E-state index contributed by atoms with van der Waals surface area (Å²) < 4.78 is 2.03. The number of rotatable bonds is 4. The lowest BCUT2D eigenvalue weighted by atomic mass is 10.2. The van der Waals surface area contributed by atoms with Crippen LogP contribution in [0.15, 0.2) is 76.0 Å². The highest BCUT2D eigenvalue weighted by atomic mass is 35.5. The van der Waals surface area contributed by atoms with E-state index in [-0.39, 0.29) is 11.3 Å². The summed E-state index contributed by atoms with van der Waals surface area (Å²) in [5.74, 6) is -0.458. The third kappa shape index (κ3) is 3.93. The zero-order valence-corrected chi connectivity index (χ0v) is 16.2. The second-order valence-electron chi connectivity index (χ2n) is 5.67. The lowest BCUT2D eigenvalue weighted by Crippen LogP contribution is -2.11. The molecule has 0 unspecified atom stereocenters. The Bertz CT molecular complexity index is 1110. The smallest absolute Gasteiger partial charge is 0.259 e. The Balaban J connectivity index is 1.52. The molecule has 27 heavy (non-hydrogen) atoms. The van der Waals surface area contributed by atoms with Crippen LogP contribution < -0.4 is 5.32 Å². The van der Waals surface area contributed by atoms with E-state index in [2.05, 4.69) is 10.3 Å². The number of hydrogen-bond donors (Lipinski definition) is 2. The Hall–Kier alpha value is -2.54. The number of nitrogens with zero attached hydrogens (tertiary/aromatic N) is 1. The van der Waals surface area contributed by atoms with Gasteiger partial charge in [0.15, 0.2) is 4.34 Å². The SMILES string of the molecule is O=C(Nc1ccc(Sc2nc3ccccc3s2)c(Cl)c1)c1ccccc1O. The average Bonchev–Trinajstić information content (AvgIpc) is 3.06. The number of hydrogen-bond acceptors (Lipinski definition) is 5. The molecular weight excluding hydrogens is 400 g/mol. The minimum Gasteiger partial charge on any atom is -0.507 e. The van der Waals surface area contributed by atoms with Crippen LogP contribution in [0.4, 0.5) is 5.69 Å². The number of carbonyl (C=O) groups excluding carboxylic acids is 1. The van der Waals surface area contributed by atoms with E-state index in [4.69, 9.17) is 11.6 Å². The number of phenolic OH excluding ortho intramolecular Hbond substituents is 1. The molecular formula is C20H13ClN2O2S2. The number of benzene rings is 3. The molecule has 0 radical (unpaired) electrons. The van der Waals surface area contributed by atoms with Gasteiger partial charge in [-0.15, -0.1) is 11.3 Å². The standard InChI is InChI=1S/C20H13ClN2O2S2/c21-14-11-12(22-19(25)13-5-1-3-7-16(13)24)9-10-17(14)26-20-23-15-6-2-4-8-18(15)27-20/h1-11,24H,(H,22,25). The van der Waals surface area contributed by atoms with Gasteiger partial charge in [0.25, 0.3) is 5.91 Å². The van der Waals surface area contributed by atoms with Crippen LogP contribution >= 0.6 is 34.7 Å². The Morgan fingerprint density at radius 2 is 1.85 bits per heavy atom. The van der Waals surface area contributed by atoms with E-state index in [0.29, 0.717) is 10.7 Å². The fraction of sp³-hybridized carbons (Fsp3) is 0. The largest absolute Gasteiger partial charge is 0.507 e. The molecule has 7 heteroatoms. The number of phenols is 1. The van der Waals surface area contributed by atoms with Gasteiger partial charge < -0.3 is 10.4 Å². The molecule has 0 saturated heterocycles. The van der Waals surface area contributed by atoms with Crippen LogP contribution in [0.3, 0.4) is 0 Å². The number of halogens is 1. The number of aromatic nitrogens is 1. The highest BCUT2D eigenvalue weighted by Crippen LogP contribution is 2.38. The summed E-state index contributed by atoms with van der Waals surface area (Å²) in [5.41, 5.74) is 1.73. The predicted octanol–water partition coefficient (Wildman–Crippen LogP) is 6.06. The molecule has 4 aromatic rings. The maximum atomic E-state index is 12.3. The minimum absolute atomic E-state index is 0.0656. The van der Waals surface area contributed by atoms with Crippen molar-refractivity contribution in [2.75, 3.05) is 5.32 Å². The number of thiazole rings is 1. The van der Waals surface area contributed by atoms with Crippen LogP contribution in [0.25, 0.3) is 10.2 Å². The molecule has 0 saturated carbocycles. The first-order valence-electron chi connectivity index (χ1n) is 8.02. The number of fused-ring (bicyclic) bond motifs is 1. The zero-order valence-electron chi connectivity index (χ0n) is 13.8. The lowest BCUT2D eigenvalue weighted by Gasteiger charge is -2.09. The van der Waals surface area contributed by atoms with Crippen LogP contribution in [-0.4, -0.2) is 16.0 Å². The summed E-state index contributed by atoms with van der Waals surface area (Å²) >= 11 is 9.49. The van der Waals surface area contributed by atoms with Crippen molar-refractivity contribution >= 4 is 56.5 Å². The van der Waals surface area contributed by atoms with Gasteiger partial charge in [-0.3, -0.25) is 4.79 Å². The van der Waals surface area contributed by atoms with Crippen molar-refractivity contribution in [2.24, 2.45) is 0 Å². The van der Waals surface area contributed by atoms with Crippen molar-refractivity contribution in [3.8, 4) is 5.75 Å². The predicted molar refractivity (Wildman–Crippen MR) is 111 cm³/mol. The molecule has 1 heterocycles. The first-order chi connectivity index (χ1) is 13.1. The molecule has 3 aromatic carbocycles. The molecule has 0 aliphatic carbocycles. The van der Waals surface area contributed by atoms with Crippen LogP contribution in [0.1, 0.15) is 10.4 Å². The molecule has 0 aliphatic heterocycles. The summed E-state index contributed by atoms with van der Waals surface area (Å²) in [5, 5.41) is 13.1.